The zero-order valence-electron chi connectivity index (χ0n) is 10.7. The lowest BCUT2D eigenvalue weighted by atomic mass is 9.85. The summed E-state index contributed by atoms with van der Waals surface area (Å²) in [5, 5.41) is 11.8. The third-order valence-corrected chi connectivity index (χ3v) is 3.84. The highest BCUT2D eigenvalue weighted by Crippen LogP contribution is 2.38. The Kier molecular flexibility index (Phi) is 3.85. The summed E-state index contributed by atoms with van der Waals surface area (Å²) < 4.78 is 0. The summed E-state index contributed by atoms with van der Waals surface area (Å²) in [5.74, 6) is -1.22. The molecule has 0 unspecified atom stereocenters. The van der Waals surface area contributed by atoms with Gasteiger partial charge in [-0.3, -0.25) is 4.79 Å². The Morgan fingerprint density at radius 1 is 1.26 bits per heavy atom. The number of rotatable bonds is 4. The van der Waals surface area contributed by atoms with Gasteiger partial charge in [0.1, 0.15) is 0 Å². The van der Waals surface area contributed by atoms with Crippen molar-refractivity contribution in [3.8, 4) is 0 Å². The van der Waals surface area contributed by atoms with Crippen LogP contribution < -0.4 is 11.1 Å². The highest BCUT2D eigenvalue weighted by Gasteiger charge is 2.40. The van der Waals surface area contributed by atoms with Crippen LogP contribution in [0.2, 0.25) is 0 Å². The number of carboxylic acids is 1. The number of para-hydroxylation sites is 1. The van der Waals surface area contributed by atoms with Crippen molar-refractivity contribution >= 4 is 17.6 Å². The Balaban J connectivity index is 2.21. The third-order valence-electron chi connectivity index (χ3n) is 3.84. The Bertz CT molecular complexity index is 493. The molecule has 102 valence electrons. The molecule has 1 aliphatic carbocycles. The number of aromatic carboxylic acids is 1. The maximum Gasteiger partial charge on any atom is 0.337 e. The Hall–Kier alpha value is -1.88. The van der Waals surface area contributed by atoms with Gasteiger partial charge in [0, 0.05) is 6.54 Å². The number of carboxylic acid groups (broad SMARTS) is 1. The second kappa shape index (κ2) is 5.40. The molecule has 1 aliphatic rings. The Morgan fingerprint density at radius 3 is 2.47 bits per heavy atom. The minimum absolute atomic E-state index is 0.0982. The fourth-order valence-electron chi connectivity index (χ4n) is 2.61. The van der Waals surface area contributed by atoms with Crippen LogP contribution in [0, 0.1) is 5.41 Å². The van der Waals surface area contributed by atoms with E-state index < -0.39 is 11.4 Å². The van der Waals surface area contributed by atoms with Gasteiger partial charge in [0.2, 0.25) is 5.91 Å². The van der Waals surface area contributed by atoms with Crippen molar-refractivity contribution in [3.05, 3.63) is 29.8 Å². The average molecular weight is 262 g/mol. The zero-order valence-corrected chi connectivity index (χ0v) is 10.7. The maximum absolute atomic E-state index is 12.4. The summed E-state index contributed by atoms with van der Waals surface area (Å²) in [6.45, 7) is 0.300. The van der Waals surface area contributed by atoms with Crippen molar-refractivity contribution in [1.29, 1.82) is 0 Å². The molecular weight excluding hydrogens is 244 g/mol. The van der Waals surface area contributed by atoms with Crippen LogP contribution in [0.1, 0.15) is 36.0 Å². The molecule has 0 heterocycles. The number of hydrogen-bond acceptors (Lipinski definition) is 3. The number of carbonyl (C=O) groups is 2. The number of benzene rings is 1. The van der Waals surface area contributed by atoms with Gasteiger partial charge in [0.25, 0.3) is 0 Å². The van der Waals surface area contributed by atoms with Crippen molar-refractivity contribution in [2.75, 3.05) is 11.9 Å². The molecule has 1 aromatic rings. The lowest BCUT2D eigenvalue weighted by Crippen LogP contribution is -2.40. The maximum atomic E-state index is 12.4. The van der Waals surface area contributed by atoms with Crippen LogP contribution in [0.5, 0.6) is 0 Å². The summed E-state index contributed by atoms with van der Waals surface area (Å²) in [6.07, 6.45) is 3.52. The standard InChI is InChI=1S/C14H18N2O3/c15-9-14(7-3-4-8-14)13(19)16-11-6-2-1-5-10(11)12(17)18/h1-2,5-6H,3-4,7-9,15H2,(H,16,19)(H,17,18). The van der Waals surface area contributed by atoms with E-state index in [-0.39, 0.29) is 11.5 Å². The predicted molar refractivity (Wildman–Crippen MR) is 72.0 cm³/mol. The molecule has 1 aromatic carbocycles. The summed E-state index contributed by atoms with van der Waals surface area (Å²) >= 11 is 0. The first-order chi connectivity index (χ1) is 9.09. The quantitative estimate of drug-likeness (QED) is 0.772. The average Bonchev–Trinajstić information content (AvgIpc) is 2.89. The smallest absolute Gasteiger partial charge is 0.337 e. The van der Waals surface area contributed by atoms with E-state index in [0.717, 1.165) is 25.7 Å². The van der Waals surface area contributed by atoms with E-state index in [1.165, 1.54) is 6.07 Å². The van der Waals surface area contributed by atoms with Gasteiger partial charge in [-0.15, -0.1) is 0 Å². The van der Waals surface area contributed by atoms with Gasteiger partial charge in [0.15, 0.2) is 0 Å². The molecule has 0 bridgehead atoms. The number of nitrogens with one attached hydrogen (secondary N) is 1. The summed E-state index contributed by atoms with van der Waals surface area (Å²) in [7, 11) is 0. The van der Waals surface area contributed by atoms with E-state index in [4.69, 9.17) is 10.8 Å². The van der Waals surface area contributed by atoms with Gasteiger partial charge >= 0.3 is 5.97 Å². The summed E-state index contributed by atoms with van der Waals surface area (Å²) in [6, 6.07) is 6.40. The molecule has 0 atom stereocenters. The molecule has 5 heteroatoms. The predicted octanol–water partition coefficient (Wildman–Crippen LogP) is 1.84. The van der Waals surface area contributed by atoms with E-state index in [1.54, 1.807) is 18.2 Å². The molecule has 1 saturated carbocycles. The van der Waals surface area contributed by atoms with Gasteiger partial charge in [-0.1, -0.05) is 25.0 Å². The number of carbonyl (C=O) groups excluding carboxylic acids is 1. The molecule has 5 nitrogen and oxygen atoms in total. The van der Waals surface area contributed by atoms with Crippen LogP contribution in [0.15, 0.2) is 24.3 Å². The van der Waals surface area contributed by atoms with Gasteiger partial charge in [-0.25, -0.2) is 4.79 Å². The van der Waals surface area contributed by atoms with Gasteiger partial charge in [0.05, 0.1) is 16.7 Å². The van der Waals surface area contributed by atoms with Crippen molar-refractivity contribution in [3.63, 3.8) is 0 Å². The lowest BCUT2D eigenvalue weighted by molar-refractivity contribution is -0.124. The summed E-state index contributed by atoms with van der Waals surface area (Å²) in [4.78, 5) is 23.5. The van der Waals surface area contributed by atoms with Crippen molar-refractivity contribution in [1.82, 2.24) is 0 Å². The van der Waals surface area contributed by atoms with Gasteiger partial charge < -0.3 is 16.2 Å². The highest BCUT2D eigenvalue weighted by molar-refractivity contribution is 6.02. The van der Waals surface area contributed by atoms with E-state index in [0.29, 0.717) is 12.2 Å². The monoisotopic (exact) mass is 262 g/mol. The van der Waals surface area contributed by atoms with Crippen LogP contribution in [-0.4, -0.2) is 23.5 Å². The van der Waals surface area contributed by atoms with Gasteiger partial charge in [-0.05, 0) is 25.0 Å². The fraction of sp³-hybridized carbons (Fsp3) is 0.429. The van der Waals surface area contributed by atoms with Crippen LogP contribution >= 0.6 is 0 Å². The molecule has 0 radical (unpaired) electrons. The summed E-state index contributed by atoms with van der Waals surface area (Å²) in [5.41, 5.74) is 5.64. The molecule has 0 aromatic heterocycles. The molecule has 4 N–H and O–H groups in total. The first-order valence-electron chi connectivity index (χ1n) is 6.43. The molecular formula is C14H18N2O3. The zero-order chi connectivity index (χ0) is 13.9. The van der Waals surface area contributed by atoms with Gasteiger partial charge in [-0.2, -0.15) is 0 Å². The van der Waals surface area contributed by atoms with E-state index in [2.05, 4.69) is 5.32 Å². The molecule has 19 heavy (non-hydrogen) atoms. The SMILES string of the molecule is NCC1(C(=O)Nc2ccccc2C(=O)O)CCCC1. The first kappa shape index (κ1) is 13.5. The number of nitrogens with two attached hydrogens (primary N) is 1. The molecule has 1 amide bonds. The number of anilines is 1. The van der Waals surface area contributed by atoms with Crippen molar-refractivity contribution in [2.45, 2.75) is 25.7 Å². The molecule has 1 fully saturated rings. The third kappa shape index (κ3) is 2.61. The minimum Gasteiger partial charge on any atom is -0.478 e. The molecule has 0 saturated heterocycles. The number of hydrogen-bond donors (Lipinski definition) is 3. The van der Waals surface area contributed by atoms with Crippen molar-refractivity contribution < 1.29 is 14.7 Å². The van der Waals surface area contributed by atoms with Crippen LogP contribution in [0.4, 0.5) is 5.69 Å². The van der Waals surface area contributed by atoms with Crippen LogP contribution in [0.3, 0.4) is 0 Å². The largest absolute Gasteiger partial charge is 0.478 e. The lowest BCUT2D eigenvalue weighted by Gasteiger charge is -2.26. The number of amides is 1. The second-order valence-electron chi connectivity index (χ2n) is 5.00. The minimum atomic E-state index is -1.05. The van der Waals surface area contributed by atoms with E-state index in [1.807, 2.05) is 0 Å². The van der Waals surface area contributed by atoms with E-state index >= 15 is 0 Å². The Morgan fingerprint density at radius 2 is 1.89 bits per heavy atom. The first-order valence-corrected chi connectivity index (χ1v) is 6.43. The normalized spacial score (nSPS) is 17.1. The van der Waals surface area contributed by atoms with Crippen molar-refractivity contribution in [2.24, 2.45) is 11.1 Å². The van der Waals surface area contributed by atoms with Crippen LogP contribution in [-0.2, 0) is 4.79 Å². The molecule has 0 aliphatic heterocycles. The van der Waals surface area contributed by atoms with E-state index in [9.17, 15) is 9.59 Å². The van der Waals surface area contributed by atoms with Crippen LogP contribution in [0.25, 0.3) is 0 Å². The topological polar surface area (TPSA) is 92.4 Å². The molecule has 2 rings (SSSR count). The molecule has 0 spiro atoms. The second-order valence-corrected chi connectivity index (χ2v) is 5.00. The highest BCUT2D eigenvalue weighted by atomic mass is 16.4. The fourth-order valence-corrected chi connectivity index (χ4v) is 2.61. The Labute approximate surface area is 111 Å².